The third kappa shape index (κ3) is 4.92. The third-order valence-corrected chi connectivity index (χ3v) is 6.64. The summed E-state index contributed by atoms with van der Waals surface area (Å²) in [5.41, 5.74) is 0.847. The van der Waals surface area contributed by atoms with Gasteiger partial charge in [0.05, 0.1) is 18.1 Å². The monoisotopic (exact) mass is 416 g/mol. The van der Waals surface area contributed by atoms with Crippen molar-refractivity contribution in [3.05, 3.63) is 33.9 Å². The summed E-state index contributed by atoms with van der Waals surface area (Å²) in [6.07, 6.45) is 8.61. The number of carbonyl (C=O) groups excluding carboxylic acids is 1. The number of nitrogens with zero attached hydrogens (tertiary/aromatic N) is 3. The van der Waals surface area contributed by atoms with Gasteiger partial charge in [-0.25, -0.2) is 0 Å². The van der Waals surface area contributed by atoms with Crippen molar-refractivity contribution in [2.45, 2.75) is 57.0 Å². The first-order valence-electron chi connectivity index (χ1n) is 11.3. The number of amides is 1. The largest absolute Gasteiger partial charge is 0.378 e. The summed E-state index contributed by atoms with van der Waals surface area (Å²) in [7, 11) is 0. The molecule has 8 heteroatoms. The Morgan fingerprint density at radius 3 is 2.57 bits per heavy atom. The molecule has 0 radical (unpaired) electrons. The molecule has 0 bridgehead atoms. The van der Waals surface area contributed by atoms with Gasteiger partial charge in [0.25, 0.3) is 11.6 Å². The predicted octanol–water partition coefficient (Wildman–Crippen LogP) is 3.28. The Kier molecular flexibility index (Phi) is 6.84. The molecule has 2 heterocycles. The molecule has 3 fully saturated rings. The number of benzene rings is 1. The van der Waals surface area contributed by atoms with E-state index in [1.807, 2.05) is 0 Å². The number of carbonyl (C=O) groups is 1. The van der Waals surface area contributed by atoms with Crippen LogP contribution in [0.15, 0.2) is 18.2 Å². The SMILES string of the molecule is O=C(c1ccc(NC2CCCN(C3CCCCC3)C2)c([N+](=O)[O-])c1)N1CCOCC1. The summed E-state index contributed by atoms with van der Waals surface area (Å²) in [4.78, 5) is 28.3. The van der Waals surface area contributed by atoms with E-state index < -0.39 is 0 Å². The molecule has 1 aromatic rings. The maximum atomic E-state index is 12.7. The van der Waals surface area contributed by atoms with Gasteiger partial charge in [-0.15, -0.1) is 0 Å². The van der Waals surface area contributed by atoms with Crippen molar-refractivity contribution < 1.29 is 14.5 Å². The molecule has 4 rings (SSSR count). The quantitative estimate of drug-likeness (QED) is 0.585. The van der Waals surface area contributed by atoms with Crippen LogP contribution in [0.25, 0.3) is 0 Å². The van der Waals surface area contributed by atoms with Crippen molar-refractivity contribution >= 4 is 17.3 Å². The molecule has 164 valence electrons. The van der Waals surface area contributed by atoms with Crippen LogP contribution in [0.5, 0.6) is 0 Å². The van der Waals surface area contributed by atoms with Crippen LogP contribution < -0.4 is 5.32 Å². The van der Waals surface area contributed by atoms with Crippen molar-refractivity contribution in [1.82, 2.24) is 9.80 Å². The number of morpholine rings is 1. The zero-order chi connectivity index (χ0) is 20.9. The van der Waals surface area contributed by atoms with Crippen LogP contribution in [0.1, 0.15) is 55.3 Å². The van der Waals surface area contributed by atoms with E-state index in [9.17, 15) is 14.9 Å². The zero-order valence-electron chi connectivity index (χ0n) is 17.6. The molecule has 1 atom stereocenters. The molecule has 0 aromatic heterocycles. The van der Waals surface area contributed by atoms with Gasteiger partial charge in [0.2, 0.25) is 0 Å². The molecule has 8 nitrogen and oxygen atoms in total. The third-order valence-electron chi connectivity index (χ3n) is 6.64. The number of rotatable bonds is 5. The average Bonchev–Trinajstić information content (AvgIpc) is 2.80. The van der Waals surface area contributed by atoms with Gasteiger partial charge in [-0.2, -0.15) is 0 Å². The van der Waals surface area contributed by atoms with Gasteiger partial charge in [-0.1, -0.05) is 19.3 Å². The molecule has 1 amide bonds. The van der Waals surface area contributed by atoms with E-state index in [2.05, 4.69) is 10.2 Å². The number of ether oxygens (including phenoxy) is 1. The molecule has 30 heavy (non-hydrogen) atoms. The van der Waals surface area contributed by atoms with Crippen LogP contribution in [0.3, 0.4) is 0 Å². The summed E-state index contributed by atoms with van der Waals surface area (Å²) in [6.45, 7) is 4.10. The van der Waals surface area contributed by atoms with E-state index in [-0.39, 0.29) is 22.6 Å². The first-order valence-corrected chi connectivity index (χ1v) is 11.3. The highest BCUT2D eigenvalue weighted by molar-refractivity contribution is 5.95. The van der Waals surface area contributed by atoms with Crippen LogP contribution >= 0.6 is 0 Å². The molecule has 2 saturated heterocycles. The highest BCUT2D eigenvalue weighted by Crippen LogP contribution is 2.30. The number of likely N-dealkylation sites (tertiary alicyclic amines) is 1. The Balaban J connectivity index is 1.45. The lowest BCUT2D eigenvalue weighted by atomic mass is 9.92. The Bertz CT molecular complexity index is 760. The van der Waals surface area contributed by atoms with Crippen molar-refractivity contribution in [3.63, 3.8) is 0 Å². The van der Waals surface area contributed by atoms with Gasteiger partial charge in [0.1, 0.15) is 5.69 Å². The van der Waals surface area contributed by atoms with Crippen LogP contribution in [-0.4, -0.2) is 72.1 Å². The molecule has 0 spiro atoms. The minimum absolute atomic E-state index is 0.0242. The molecular formula is C22H32N4O4. The fourth-order valence-corrected chi connectivity index (χ4v) is 5.01. The van der Waals surface area contributed by atoms with E-state index in [0.29, 0.717) is 43.6 Å². The lowest BCUT2D eigenvalue weighted by Crippen LogP contribution is -2.47. The average molecular weight is 417 g/mol. The predicted molar refractivity (Wildman–Crippen MR) is 115 cm³/mol. The summed E-state index contributed by atoms with van der Waals surface area (Å²) >= 11 is 0. The number of hydrogen-bond acceptors (Lipinski definition) is 6. The molecule has 1 aliphatic carbocycles. The highest BCUT2D eigenvalue weighted by atomic mass is 16.6. The van der Waals surface area contributed by atoms with Gasteiger partial charge in [-0.3, -0.25) is 19.8 Å². The van der Waals surface area contributed by atoms with E-state index in [1.165, 1.54) is 38.2 Å². The first kappa shape index (κ1) is 21.1. The minimum atomic E-state index is -0.389. The number of nitrogens with one attached hydrogen (secondary N) is 1. The topological polar surface area (TPSA) is 88.0 Å². The second-order valence-electron chi connectivity index (χ2n) is 8.66. The maximum absolute atomic E-state index is 12.7. The molecule has 1 unspecified atom stereocenters. The van der Waals surface area contributed by atoms with Crippen molar-refractivity contribution in [3.8, 4) is 0 Å². The number of nitro benzene ring substituents is 1. The van der Waals surface area contributed by atoms with Crippen LogP contribution in [0.4, 0.5) is 11.4 Å². The summed E-state index contributed by atoms with van der Waals surface area (Å²) < 4.78 is 5.29. The van der Waals surface area contributed by atoms with Crippen LogP contribution in [-0.2, 0) is 4.74 Å². The van der Waals surface area contributed by atoms with Crippen molar-refractivity contribution in [2.24, 2.45) is 0 Å². The van der Waals surface area contributed by atoms with Crippen molar-refractivity contribution in [2.75, 3.05) is 44.7 Å². The lowest BCUT2D eigenvalue weighted by molar-refractivity contribution is -0.384. The Labute approximate surface area is 177 Å². The van der Waals surface area contributed by atoms with Crippen LogP contribution in [0.2, 0.25) is 0 Å². The normalized spacial score (nSPS) is 23.9. The van der Waals surface area contributed by atoms with Gasteiger partial charge >= 0.3 is 0 Å². The van der Waals surface area contributed by atoms with E-state index >= 15 is 0 Å². The minimum Gasteiger partial charge on any atom is -0.378 e. The molecule has 1 saturated carbocycles. The van der Waals surface area contributed by atoms with E-state index in [4.69, 9.17) is 4.74 Å². The first-order chi connectivity index (χ1) is 14.6. The summed E-state index contributed by atoms with van der Waals surface area (Å²) in [5.74, 6) is -0.172. The number of anilines is 1. The molecule has 1 N–H and O–H groups in total. The second-order valence-corrected chi connectivity index (χ2v) is 8.66. The van der Waals surface area contributed by atoms with E-state index in [0.717, 1.165) is 25.9 Å². The van der Waals surface area contributed by atoms with Gasteiger partial charge in [0.15, 0.2) is 0 Å². The van der Waals surface area contributed by atoms with E-state index in [1.54, 1.807) is 17.0 Å². The molecule has 2 aliphatic heterocycles. The Morgan fingerprint density at radius 1 is 1.07 bits per heavy atom. The molecule has 1 aromatic carbocycles. The fraction of sp³-hybridized carbons (Fsp3) is 0.682. The number of piperidine rings is 1. The Morgan fingerprint density at radius 2 is 1.83 bits per heavy atom. The van der Waals surface area contributed by atoms with Gasteiger partial charge in [-0.05, 0) is 44.4 Å². The fourth-order valence-electron chi connectivity index (χ4n) is 5.01. The zero-order valence-corrected chi connectivity index (χ0v) is 17.6. The van der Waals surface area contributed by atoms with Crippen LogP contribution in [0, 0.1) is 10.1 Å². The smallest absolute Gasteiger partial charge is 0.293 e. The standard InChI is InChI=1S/C22H32N4O4/c27-22(24-11-13-30-14-12-24)17-8-9-20(21(15-17)26(28)29)23-18-5-4-10-25(16-18)19-6-2-1-3-7-19/h8-9,15,18-19,23H,1-7,10-14,16H2. The highest BCUT2D eigenvalue weighted by Gasteiger charge is 2.29. The maximum Gasteiger partial charge on any atom is 0.293 e. The summed E-state index contributed by atoms with van der Waals surface area (Å²) in [6, 6.07) is 5.68. The number of nitro groups is 1. The lowest BCUT2D eigenvalue weighted by Gasteiger charge is -2.40. The number of hydrogen-bond donors (Lipinski definition) is 1. The summed E-state index contributed by atoms with van der Waals surface area (Å²) in [5, 5.41) is 15.2. The Hall–Kier alpha value is -2.19. The second kappa shape index (κ2) is 9.75. The van der Waals surface area contributed by atoms with Crippen molar-refractivity contribution in [1.29, 1.82) is 0 Å². The molecular weight excluding hydrogens is 384 g/mol. The van der Waals surface area contributed by atoms with Gasteiger partial charge < -0.3 is 15.0 Å². The van der Waals surface area contributed by atoms with Gasteiger partial charge in [0, 0.05) is 43.3 Å². The molecule has 3 aliphatic rings.